The lowest BCUT2D eigenvalue weighted by Crippen LogP contribution is -2.33. The highest BCUT2D eigenvalue weighted by molar-refractivity contribution is 6.33. The standard InChI is InChI=1S/C12H20ClN3O2/c1-4-9-10(11(13)16(3)15-9)12(18)14-8(2)6-5-7-17/h8,17H,4-7H2,1-3H3,(H,14,18). The summed E-state index contributed by atoms with van der Waals surface area (Å²) in [4.78, 5) is 12.1. The van der Waals surface area contributed by atoms with Crippen LogP contribution in [0, 0.1) is 0 Å². The van der Waals surface area contributed by atoms with Crippen LogP contribution in [0.15, 0.2) is 0 Å². The predicted octanol–water partition coefficient (Wildman–Crippen LogP) is 1.53. The van der Waals surface area contributed by atoms with Crippen LogP contribution in [0.25, 0.3) is 0 Å². The first-order valence-corrected chi connectivity index (χ1v) is 6.52. The molecule has 2 N–H and O–H groups in total. The highest BCUT2D eigenvalue weighted by atomic mass is 35.5. The molecule has 0 bridgehead atoms. The molecule has 5 nitrogen and oxygen atoms in total. The number of nitrogens with zero attached hydrogens (tertiary/aromatic N) is 2. The summed E-state index contributed by atoms with van der Waals surface area (Å²) < 4.78 is 1.51. The number of aromatic nitrogens is 2. The molecule has 1 heterocycles. The molecule has 1 amide bonds. The fourth-order valence-corrected chi connectivity index (χ4v) is 2.03. The normalized spacial score (nSPS) is 12.5. The van der Waals surface area contributed by atoms with Gasteiger partial charge in [0.15, 0.2) is 0 Å². The molecule has 0 aliphatic rings. The van der Waals surface area contributed by atoms with E-state index in [4.69, 9.17) is 16.7 Å². The smallest absolute Gasteiger partial charge is 0.256 e. The van der Waals surface area contributed by atoms with Gasteiger partial charge in [-0.05, 0) is 26.2 Å². The van der Waals surface area contributed by atoms with Crippen molar-refractivity contribution in [3.8, 4) is 0 Å². The molecule has 1 aromatic rings. The van der Waals surface area contributed by atoms with Crippen molar-refractivity contribution in [2.45, 2.75) is 39.2 Å². The molecular formula is C12H20ClN3O2. The summed E-state index contributed by atoms with van der Waals surface area (Å²) in [5.41, 5.74) is 1.16. The Balaban J connectivity index is 2.77. The third kappa shape index (κ3) is 3.46. The lowest BCUT2D eigenvalue weighted by molar-refractivity contribution is 0.0935. The van der Waals surface area contributed by atoms with Gasteiger partial charge >= 0.3 is 0 Å². The molecule has 0 saturated carbocycles. The number of carbonyl (C=O) groups is 1. The van der Waals surface area contributed by atoms with Gasteiger partial charge in [-0.25, -0.2) is 0 Å². The Bertz CT molecular complexity index is 418. The average molecular weight is 274 g/mol. The number of halogens is 1. The number of carbonyl (C=O) groups excluding carboxylic acids is 1. The fraction of sp³-hybridized carbons (Fsp3) is 0.667. The molecule has 0 aliphatic heterocycles. The first-order chi connectivity index (χ1) is 8.51. The SMILES string of the molecule is CCc1nn(C)c(Cl)c1C(=O)NC(C)CCCO. The summed E-state index contributed by atoms with van der Waals surface area (Å²) in [6.45, 7) is 3.97. The number of aliphatic hydroxyl groups is 1. The predicted molar refractivity (Wildman–Crippen MR) is 70.8 cm³/mol. The third-order valence-corrected chi connectivity index (χ3v) is 3.22. The molecule has 0 saturated heterocycles. The van der Waals surface area contributed by atoms with Crippen LogP contribution >= 0.6 is 11.6 Å². The summed E-state index contributed by atoms with van der Waals surface area (Å²) in [6, 6.07) is 0.00521. The number of hydrogen-bond acceptors (Lipinski definition) is 3. The lowest BCUT2D eigenvalue weighted by Gasteiger charge is -2.13. The van der Waals surface area contributed by atoms with E-state index in [2.05, 4.69) is 10.4 Å². The van der Waals surface area contributed by atoms with Gasteiger partial charge in [-0.2, -0.15) is 5.10 Å². The molecule has 1 atom stereocenters. The molecule has 1 unspecified atom stereocenters. The number of amides is 1. The van der Waals surface area contributed by atoms with Crippen LogP contribution in [-0.4, -0.2) is 33.4 Å². The Morgan fingerprint density at radius 2 is 2.28 bits per heavy atom. The average Bonchev–Trinajstić information content (AvgIpc) is 2.62. The number of aryl methyl sites for hydroxylation is 2. The van der Waals surface area contributed by atoms with Gasteiger partial charge in [-0.15, -0.1) is 0 Å². The van der Waals surface area contributed by atoms with Gasteiger partial charge in [0, 0.05) is 19.7 Å². The minimum absolute atomic E-state index is 0.00521. The molecule has 0 aliphatic carbocycles. The van der Waals surface area contributed by atoms with E-state index in [1.54, 1.807) is 7.05 Å². The topological polar surface area (TPSA) is 67.2 Å². The van der Waals surface area contributed by atoms with Gasteiger partial charge < -0.3 is 10.4 Å². The summed E-state index contributed by atoms with van der Waals surface area (Å²) in [5.74, 6) is -0.199. The van der Waals surface area contributed by atoms with Gasteiger partial charge in [0.05, 0.1) is 11.3 Å². The van der Waals surface area contributed by atoms with Gasteiger partial charge in [0.1, 0.15) is 5.15 Å². The largest absolute Gasteiger partial charge is 0.396 e. The van der Waals surface area contributed by atoms with E-state index in [1.807, 2.05) is 13.8 Å². The first-order valence-electron chi connectivity index (χ1n) is 6.14. The highest BCUT2D eigenvalue weighted by Crippen LogP contribution is 2.19. The fourth-order valence-electron chi connectivity index (χ4n) is 1.79. The van der Waals surface area contributed by atoms with Crippen molar-refractivity contribution in [3.05, 3.63) is 16.4 Å². The molecule has 1 rings (SSSR count). The Kier molecular flexibility index (Phi) is 5.62. The maximum absolute atomic E-state index is 12.1. The molecular weight excluding hydrogens is 254 g/mol. The molecule has 18 heavy (non-hydrogen) atoms. The number of rotatable bonds is 6. The van der Waals surface area contributed by atoms with Gasteiger partial charge in [-0.1, -0.05) is 18.5 Å². The Morgan fingerprint density at radius 3 is 2.83 bits per heavy atom. The quantitative estimate of drug-likeness (QED) is 0.826. The second-order valence-electron chi connectivity index (χ2n) is 4.33. The molecule has 0 radical (unpaired) electrons. The van der Waals surface area contributed by atoms with E-state index in [9.17, 15) is 4.79 Å². The van der Waals surface area contributed by atoms with Gasteiger partial charge in [0.2, 0.25) is 0 Å². The van der Waals surface area contributed by atoms with Gasteiger partial charge in [0.25, 0.3) is 5.91 Å². The Morgan fingerprint density at radius 1 is 1.61 bits per heavy atom. The van der Waals surface area contributed by atoms with E-state index >= 15 is 0 Å². The molecule has 0 aromatic carbocycles. The minimum Gasteiger partial charge on any atom is -0.396 e. The molecule has 6 heteroatoms. The van der Waals surface area contributed by atoms with Crippen molar-refractivity contribution in [1.82, 2.24) is 15.1 Å². The minimum atomic E-state index is -0.199. The van der Waals surface area contributed by atoms with Crippen molar-refractivity contribution in [2.75, 3.05) is 6.61 Å². The Hall–Kier alpha value is -1.07. The van der Waals surface area contributed by atoms with Crippen LogP contribution in [0.2, 0.25) is 5.15 Å². The second kappa shape index (κ2) is 6.75. The zero-order chi connectivity index (χ0) is 13.7. The number of aliphatic hydroxyl groups excluding tert-OH is 1. The van der Waals surface area contributed by atoms with E-state index < -0.39 is 0 Å². The van der Waals surface area contributed by atoms with Crippen molar-refractivity contribution in [1.29, 1.82) is 0 Å². The Labute approximate surface area is 112 Å². The van der Waals surface area contributed by atoms with Gasteiger partial charge in [-0.3, -0.25) is 9.48 Å². The van der Waals surface area contributed by atoms with E-state index in [0.717, 1.165) is 6.42 Å². The maximum atomic E-state index is 12.1. The van der Waals surface area contributed by atoms with Crippen LogP contribution in [0.3, 0.4) is 0 Å². The number of nitrogens with one attached hydrogen (secondary N) is 1. The molecule has 0 spiro atoms. The van der Waals surface area contributed by atoms with Crippen molar-refractivity contribution in [3.63, 3.8) is 0 Å². The lowest BCUT2D eigenvalue weighted by atomic mass is 10.1. The van der Waals surface area contributed by atoms with Crippen LogP contribution < -0.4 is 5.32 Å². The monoisotopic (exact) mass is 273 g/mol. The molecule has 0 fully saturated rings. The summed E-state index contributed by atoms with van der Waals surface area (Å²) >= 11 is 6.07. The van der Waals surface area contributed by atoms with Crippen LogP contribution in [0.1, 0.15) is 42.7 Å². The summed E-state index contributed by atoms with van der Waals surface area (Å²) in [6.07, 6.45) is 2.07. The maximum Gasteiger partial charge on any atom is 0.256 e. The zero-order valence-corrected chi connectivity index (χ0v) is 11.8. The molecule has 102 valence electrons. The second-order valence-corrected chi connectivity index (χ2v) is 4.69. The first kappa shape index (κ1) is 15.0. The van der Waals surface area contributed by atoms with Crippen LogP contribution in [0.5, 0.6) is 0 Å². The molecule has 1 aromatic heterocycles. The van der Waals surface area contributed by atoms with E-state index in [-0.39, 0.29) is 18.6 Å². The zero-order valence-electron chi connectivity index (χ0n) is 11.0. The van der Waals surface area contributed by atoms with Crippen LogP contribution in [0.4, 0.5) is 0 Å². The highest BCUT2D eigenvalue weighted by Gasteiger charge is 2.21. The number of hydrogen-bond donors (Lipinski definition) is 2. The summed E-state index contributed by atoms with van der Waals surface area (Å²) in [5, 5.41) is 16.2. The van der Waals surface area contributed by atoms with Crippen molar-refractivity contribution < 1.29 is 9.90 Å². The van der Waals surface area contributed by atoms with Crippen molar-refractivity contribution >= 4 is 17.5 Å². The summed E-state index contributed by atoms with van der Waals surface area (Å²) in [7, 11) is 1.72. The third-order valence-electron chi connectivity index (χ3n) is 2.78. The van der Waals surface area contributed by atoms with E-state index in [0.29, 0.717) is 29.3 Å². The van der Waals surface area contributed by atoms with Crippen molar-refractivity contribution in [2.24, 2.45) is 7.05 Å². The van der Waals surface area contributed by atoms with Crippen LogP contribution in [-0.2, 0) is 13.5 Å². The van der Waals surface area contributed by atoms with E-state index in [1.165, 1.54) is 4.68 Å².